The predicted octanol–water partition coefficient (Wildman–Crippen LogP) is 4.13. The number of benzene rings is 2. The van der Waals surface area contributed by atoms with Crippen molar-refractivity contribution in [1.82, 2.24) is 5.43 Å². The van der Waals surface area contributed by atoms with Gasteiger partial charge in [-0.1, -0.05) is 32.9 Å². The van der Waals surface area contributed by atoms with Gasteiger partial charge in [-0.15, -0.1) is 0 Å². The SMILES string of the molecule is COc1ccc(/C=N\NC(=O)COc2ccc(C(C)(C)C)cc2)cc1I. The molecule has 0 fully saturated rings. The van der Waals surface area contributed by atoms with Gasteiger partial charge in [-0.3, -0.25) is 4.79 Å². The first kappa shape index (κ1) is 20.2. The molecule has 0 aliphatic heterocycles. The molecule has 0 radical (unpaired) electrons. The lowest BCUT2D eigenvalue weighted by Gasteiger charge is -2.19. The maximum atomic E-state index is 11.8. The number of nitrogens with zero attached hydrogens (tertiary/aromatic N) is 1. The van der Waals surface area contributed by atoms with Gasteiger partial charge >= 0.3 is 0 Å². The van der Waals surface area contributed by atoms with Gasteiger partial charge in [-0.2, -0.15) is 5.10 Å². The Labute approximate surface area is 167 Å². The molecule has 0 bridgehead atoms. The van der Waals surface area contributed by atoms with Gasteiger partial charge in [0.1, 0.15) is 11.5 Å². The Morgan fingerprint density at radius 1 is 1.19 bits per heavy atom. The predicted molar refractivity (Wildman–Crippen MR) is 112 cm³/mol. The molecule has 2 aromatic rings. The van der Waals surface area contributed by atoms with Crippen molar-refractivity contribution in [2.45, 2.75) is 26.2 Å². The van der Waals surface area contributed by atoms with Crippen LogP contribution in [0.1, 0.15) is 31.9 Å². The third-order valence-corrected chi connectivity index (χ3v) is 4.51. The van der Waals surface area contributed by atoms with E-state index in [4.69, 9.17) is 9.47 Å². The molecular formula is C20H23IN2O3. The first-order chi connectivity index (χ1) is 12.3. The quantitative estimate of drug-likeness (QED) is 0.396. The highest BCUT2D eigenvalue weighted by Gasteiger charge is 2.13. The van der Waals surface area contributed by atoms with Crippen LogP contribution < -0.4 is 14.9 Å². The lowest BCUT2D eigenvalue weighted by atomic mass is 9.87. The van der Waals surface area contributed by atoms with Crippen LogP contribution in [0.3, 0.4) is 0 Å². The molecule has 0 saturated heterocycles. The van der Waals surface area contributed by atoms with Crippen molar-refractivity contribution >= 4 is 34.7 Å². The third kappa shape index (κ3) is 6.01. The minimum absolute atomic E-state index is 0.0872. The number of halogens is 1. The number of hydrogen-bond acceptors (Lipinski definition) is 4. The molecule has 0 aromatic heterocycles. The summed E-state index contributed by atoms with van der Waals surface area (Å²) in [6, 6.07) is 13.4. The van der Waals surface area contributed by atoms with E-state index in [1.54, 1.807) is 13.3 Å². The first-order valence-corrected chi connectivity index (χ1v) is 9.26. The molecule has 2 aromatic carbocycles. The number of methoxy groups -OCH3 is 1. The second-order valence-corrected chi connectivity index (χ2v) is 7.91. The van der Waals surface area contributed by atoms with E-state index in [9.17, 15) is 4.79 Å². The highest BCUT2D eigenvalue weighted by molar-refractivity contribution is 14.1. The van der Waals surface area contributed by atoms with Gasteiger partial charge in [-0.05, 0) is 69.5 Å². The fourth-order valence-corrected chi connectivity index (χ4v) is 2.93. The van der Waals surface area contributed by atoms with E-state index < -0.39 is 0 Å². The van der Waals surface area contributed by atoms with Crippen LogP contribution in [-0.2, 0) is 10.2 Å². The molecule has 1 N–H and O–H groups in total. The summed E-state index contributed by atoms with van der Waals surface area (Å²) in [6.45, 7) is 6.36. The largest absolute Gasteiger partial charge is 0.496 e. The first-order valence-electron chi connectivity index (χ1n) is 8.18. The van der Waals surface area contributed by atoms with Crippen molar-refractivity contribution in [2.75, 3.05) is 13.7 Å². The monoisotopic (exact) mass is 466 g/mol. The van der Waals surface area contributed by atoms with E-state index in [0.717, 1.165) is 14.9 Å². The lowest BCUT2D eigenvalue weighted by molar-refractivity contribution is -0.123. The van der Waals surface area contributed by atoms with Gasteiger partial charge < -0.3 is 9.47 Å². The van der Waals surface area contributed by atoms with Crippen LogP contribution in [0.25, 0.3) is 0 Å². The zero-order valence-electron chi connectivity index (χ0n) is 15.4. The molecule has 0 aliphatic carbocycles. The fourth-order valence-electron chi connectivity index (χ4n) is 2.17. The van der Waals surface area contributed by atoms with Crippen LogP contribution in [0, 0.1) is 3.57 Å². The van der Waals surface area contributed by atoms with Crippen molar-refractivity contribution < 1.29 is 14.3 Å². The Hall–Kier alpha value is -2.09. The van der Waals surface area contributed by atoms with Gasteiger partial charge in [0.25, 0.3) is 5.91 Å². The lowest BCUT2D eigenvalue weighted by Crippen LogP contribution is -2.24. The molecule has 6 heteroatoms. The van der Waals surface area contributed by atoms with Crippen molar-refractivity contribution in [3.8, 4) is 11.5 Å². The number of nitrogens with one attached hydrogen (secondary N) is 1. The standard InChI is InChI=1S/C20H23IN2O3/c1-20(2,3)15-6-8-16(9-7-15)26-13-19(24)23-22-12-14-5-10-18(25-4)17(21)11-14/h5-12H,13H2,1-4H3,(H,23,24)/b22-12-. The summed E-state index contributed by atoms with van der Waals surface area (Å²) < 4.78 is 11.7. The van der Waals surface area contributed by atoms with E-state index in [-0.39, 0.29) is 17.9 Å². The number of amides is 1. The summed E-state index contributed by atoms with van der Waals surface area (Å²) >= 11 is 2.18. The summed E-state index contributed by atoms with van der Waals surface area (Å²) in [4.78, 5) is 11.8. The van der Waals surface area contributed by atoms with E-state index in [1.807, 2.05) is 42.5 Å². The summed E-state index contributed by atoms with van der Waals surface area (Å²) in [6.07, 6.45) is 1.58. The van der Waals surface area contributed by atoms with Crippen LogP contribution in [0.4, 0.5) is 0 Å². The summed E-state index contributed by atoms with van der Waals surface area (Å²) in [5, 5.41) is 3.95. The molecule has 26 heavy (non-hydrogen) atoms. The Bertz CT molecular complexity index is 781. The molecular weight excluding hydrogens is 443 g/mol. The van der Waals surface area contributed by atoms with Gasteiger partial charge in [0.05, 0.1) is 16.9 Å². The number of hydrazone groups is 1. The highest BCUT2D eigenvalue weighted by atomic mass is 127. The number of carbonyl (C=O) groups is 1. The number of ether oxygens (including phenoxy) is 2. The molecule has 0 saturated carbocycles. The molecule has 2 rings (SSSR count). The van der Waals surface area contributed by atoms with E-state index in [0.29, 0.717) is 5.75 Å². The molecule has 138 valence electrons. The van der Waals surface area contributed by atoms with Gasteiger partial charge in [0.2, 0.25) is 0 Å². The van der Waals surface area contributed by atoms with Crippen molar-refractivity contribution in [1.29, 1.82) is 0 Å². The summed E-state index contributed by atoms with van der Waals surface area (Å²) in [5.74, 6) is 1.14. The molecule has 5 nitrogen and oxygen atoms in total. The fraction of sp³-hybridized carbons (Fsp3) is 0.300. The Balaban J connectivity index is 1.82. The van der Waals surface area contributed by atoms with Gasteiger partial charge in [0.15, 0.2) is 6.61 Å². The number of hydrogen-bond donors (Lipinski definition) is 1. The van der Waals surface area contributed by atoms with E-state index in [1.165, 1.54) is 5.56 Å². The molecule has 0 unspecified atom stereocenters. The summed E-state index contributed by atoms with van der Waals surface area (Å²) in [7, 11) is 1.63. The van der Waals surface area contributed by atoms with Crippen LogP contribution >= 0.6 is 22.6 Å². The molecule has 0 spiro atoms. The third-order valence-electron chi connectivity index (χ3n) is 3.67. The van der Waals surface area contributed by atoms with Crippen LogP contribution in [-0.4, -0.2) is 25.8 Å². The van der Waals surface area contributed by atoms with Crippen LogP contribution in [0.15, 0.2) is 47.6 Å². The Kier molecular flexibility index (Phi) is 7.02. The van der Waals surface area contributed by atoms with Crippen molar-refractivity contribution in [3.05, 3.63) is 57.2 Å². The molecule has 0 atom stereocenters. The summed E-state index contributed by atoms with van der Waals surface area (Å²) in [5.41, 5.74) is 4.63. The topological polar surface area (TPSA) is 59.9 Å². The minimum atomic E-state index is -0.315. The Morgan fingerprint density at radius 3 is 2.46 bits per heavy atom. The van der Waals surface area contributed by atoms with Crippen molar-refractivity contribution in [2.24, 2.45) is 5.10 Å². The second kappa shape index (κ2) is 9.02. The molecule has 1 amide bonds. The minimum Gasteiger partial charge on any atom is -0.496 e. The van der Waals surface area contributed by atoms with E-state index in [2.05, 4.69) is 53.9 Å². The zero-order chi connectivity index (χ0) is 19.2. The second-order valence-electron chi connectivity index (χ2n) is 6.75. The van der Waals surface area contributed by atoms with Crippen LogP contribution in [0.5, 0.6) is 11.5 Å². The maximum absolute atomic E-state index is 11.8. The zero-order valence-corrected chi connectivity index (χ0v) is 17.5. The van der Waals surface area contributed by atoms with E-state index >= 15 is 0 Å². The smallest absolute Gasteiger partial charge is 0.277 e. The van der Waals surface area contributed by atoms with Gasteiger partial charge in [0, 0.05) is 0 Å². The molecule has 0 heterocycles. The highest BCUT2D eigenvalue weighted by Crippen LogP contribution is 2.24. The average molecular weight is 466 g/mol. The number of carbonyl (C=O) groups excluding carboxylic acids is 1. The average Bonchev–Trinajstić information content (AvgIpc) is 2.60. The Morgan fingerprint density at radius 2 is 1.88 bits per heavy atom. The maximum Gasteiger partial charge on any atom is 0.277 e. The van der Waals surface area contributed by atoms with Gasteiger partial charge in [-0.25, -0.2) is 5.43 Å². The van der Waals surface area contributed by atoms with Crippen molar-refractivity contribution in [3.63, 3.8) is 0 Å². The van der Waals surface area contributed by atoms with Crippen LogP contribution in [0.2, 0.25) is 0 Å². The normalized spacial score (nSPS) is 11.4. The molecule has 0 aliphatic rings. The number of rotatable bonds is 6.